The Balaban J connectivity index is 1.66. The Kier molecular flexibility index (Phi) is 3.90. The van der Waals surface area contributed by atoms with Gasteiger partial charge in [-0.25, -0.2) is 13.9 Å². The molecule has 0 saturated carbocycles. The lowest BCUT2D eigenvalue weighted by molar-refractivity contribution is 0.0988. The number of aromatic nitrogens is 3. The van der Waals surface area contributed by atoms with E-state index in [-0.39, 0.29) is 11.9 Å². The van der Waals surface area contributed by atoms with Crippen molar-refractivity contribution in [3.05, 3.63) is 48.4 Å². The van der Waals surface area contributed by atoms with E-state index in [1.165, 1.54) is 12.1 Å². The van der Waals surface area contributed by atoms with E-state index >= 15 is 0 Å². The summed E-state index contributed by atoms with van der Waals surface area (Å²) >= 11 is 0. The predicted molar refractivity (Wildman–Crippen MR) is 89.5 cm³/mol. The lowest BCUT2D eigenvalue weighted by Gasteiger charge is -2.29. The number of hydrogen-bond acceptors (Lipinski definition) is 4. The first-order valence-corrected chi connectivity index (χ1v) is 8.15. The normalized spacial score (nSPS) is 18.8. The largest absolute Gasteiger partial charge is 0.472 e. The second-order valence-electron chi connectivity index (χ2n) is 6.24. The van der Waals surface area contributed by atoms with Crippen molar-refractivity contribution in [2.45, 2.75) is 18.9 Å². The highest BCUT2D eigenvalue weighted by Gasteiger charge is 2.19. The summed E-state index contributed by atoms with van der Waals surface area (Å²) in [5.41, 5.74) is 2.20. The predicted octanol–water partition coefficient (Wildman–Crippen LogP) is 3.01. The topological polar surface area (TPSA) is 42.7 Å². The Bertz CT molecular complexity index is 863. The third-order valence-corrected chi connectivity index (χ3v) is 4.33. The van der Waals surface area contributed by atoms with Crippen molar-refractivity contribution in [1.29, 1.82) is 0 Å². The Morgan fingerprint density at radius 3 is 3.00 bits per heavy atom. The van der Waals surface area contributed by atoms with Crippen LogP contribution < -0.4 is 4.74 Å². The molecule has 0 radical (unpaired) electrons. The molecule has 1 aromatic carbocycles. The van der Waals surface area contributed by atoms with E-state index in [9.17, 15) is 4.39 Å². The van der Waals surface area contributed by atoms with Crippen molar-refractivity contribution in [3.63, 3.8) is 0 Å². The molecule has 0 N–H and O–H groups in total. The molecule has 1 unspecified atom stereocenters. The lowest BCUT2D eigenvalue weighted by Crippen LogP contribution is -2.38. The van der Waals surface area contributed by atoms with Crippen LogP contribution in [-0.2, 0) is 0 Å². The van der Waals surface area contributed by atoms with Gasteiger partial charge in [0.05, 0.1) is 11.9 Å². The molecule has 2 aromatic heterocycles. The number of nitrogens with zero attached hydrogens (tertiary/aromatic N) is 4. The quantitative estimate of drug-likeness (QED) is 0.742. The van der Waals surface area contributed by atoms with Crippen LogP contribution in [0.1, 0.15) is 12.8 Å². The zero-order chi connectivity index (χ0) is 16.5. The maximum atomic E-state index is 13.5. The first kappa shape index (κ1) is 15.1. The smallest absolute Gasteiger partial charge is 0.232 e. The second kappa shape index (κ2) is 6.20. The van der Waals surface area contributed by atoms with Crippen molar-refractivity contribution in [1.82, 2.24) is 19.5 Å². The molecule has 124 valence electrons. The number of halogens is 1. The summed E-state index contributed by atoms with van der Waals surface area (Å²) in [5, 5.41) is 4.55. The summed E-state index contributed by atoms with van der Waals surface area (Å²) in [6.07, 6.45) is 4.01. The van der Waals surface area contributed by atoms with E-state index in [1.54, 1.807) is 16.8 Å². The van der Waals surface area contributed by atoms with E-state index in [4.69, 9.17) is 4.74 Å². The zero-order valence-electron chi connectivity index (χ0n) is 13.5. The first-order chi connectivity index (χ1) is 11.7. The maximum Gasteiger partial charge on any atom is 0.232 e. The minimum absolute atomic E-state index is 0.148. The number of likely N-dealkylation sites (tertiary alicyclic amines) is 1. The molecule has 1 aliphatic rings. The first-order valence-electron chi connectivity index (χ1n) is 8.15. The van der Waals surface area contributed by atoms with Crippen molar-refractivity contribution in [2.24, 2.45) is 0 Å². The van der Waals surface area contributed by atoms with Gasteiger partial charge in [0.1, 0.15) is 11.9 Å². The third kappa shape index (κ3) is 2.97. The fourth-order valence-electron chi connectivity index (χ4n) is 3.15. The fraction of sp³-hybridized carbons (Fsp3) is 0.333. The Morgan fingerprint density at radius 2 is 2.17 bits per heavy atom. The van der Waals surface area contributed by atoms with Gasteiger partial charge in [-0.3, -0.25) is 0 Å². The second-order valence-corrected chi connectivity index (χ2v) is 6.24. The number of piperidine rings is 1. The molecule has 4 rings (SSSR count). The van der Waals surface area contributed by atoms with Gasteiger partial charge in [-0.05, 0) is 44.6 Å². The standard InChI is InChI=1S/C18H19FN4O/c1-22-9-3-6-15(12-22)24-18-8-7-17-20-11-16(23(17)21-18)13-4-2-5-14(19)10-13/h2,4-5,7-8,10-11,15H,3,6,9,12H2,1H3. The van der Waals surface area contributed by atoms with Crippen molar-refractivity contribution >= 4 is 5.65 Å². The molecule has 24 heavy (non-hydrogen) atoms. The average Bonchev–Trinajstić information content (AvgIpc) is 2.98. The van der Waals surface area contributed by atoms with Crippen LogP contribution in [0.15, 0.2) is 42.6 Å². The van der Waals surface area contributed by atoms with E-state index in [2.05, 4.69) is 22.0 Å². The molecule has 0 spiro atoms. The van der Waals surface area contributed by atoms with Crippen molar-refractivity contribution in [2.75, 3.05) is 20.1 Å². The molecule has 0 aliphatic carbocycles. The highest BCUT2D eigenvalue weighted by Crippen LogP contribution is 2.23. The summed E-state index contributed by atoms with van der Waals surface area (Å²) in [4.78, 5) is 6.60. The number of hydrogen-bond donors (Lipinski definition) is 0. The molecule has 0 amide bonds. The number of imidazole rings is 1. The van der Waals surface area contributed by atoms with Crippen LogP contribution in [0.4, 0.5) is 4.39 Å². The van der Waals surface area contributed by atoms with Crippen LogP contribution in [0.5, 0.6) is 5.88 Å². The van der Waals surface area contributed by atoms with Crippen LogP contribution >= 0.6 is 0 Å². The average molecular weight is 326 g/mol. The molecule has 3 aromatic rings. The SMILES string of the molecule is CN1CCCC(Oc2ccc3ncc(-c4cccc(F)c4)n3n2)C1. The molecular weight excluding hydrogens is 307 g/mol. The Morgan fingerprint density at radius 1 is 1.25 bits per heavy atom. The number of ether oxygens (including phenoxy) is 1. The van der Waals surface area contributed by atoms with Gasteiger partial charge in [0.25, 0.3) is 0 Å². The van der Waals surface area contributed by atoms with Crippen LogP contribution in [0.25, 0.3) is 16.9 Å². The minimum Gasteiger partial charge on any atom is -0.472 e. The summed E-state index contributed by atoms with van der Waals surface area (Å²) in [5.74, 6) is 0.290. The van der Waals surface area contributed by atoms with Crippen LogP contribution in [0.2, 0.25) is 0 Å². The van der Waals surface area contributed by atoms with E-state index in [0.29, 0.717) is 11.5 Å². The fourth-order valence-corrected chi connectivity index (χ4v) is 3.15. The third-order valence-electron chi connectivity index (χ3n) is 4.33. The highest BCUT2D eigenvalue weighted by molar-refractivity contribution is 5.63. The summed E-state index contributed by atoms with van der Waals surface area (Å²) in [6.45, 7) is 2.01. The van der Waals surface area contributed by atoms with E-state index in [0.717, 1.165) is 37.2 Å². The molecule has 1 saturated heterocycles. The van der Waals surface area contributed by atoms with Gasteiger partial charge < -0.3 is 9.64 Å². The molecule has 5 nitrogen and oxygen atoms in total. The maximum absolute atomic E-state index is 13.5. The van der Waals surface area contributed by atoms with Crippen LogP contribution in [0, 0.1) is 5.82 Å². The van der Waals surface area contributed by atoms with Gasteiger partial charge in [-0.2, -0.15) is 0 Å². The molecule has 0 bridgehead atoms. The van der Waals surface area contributed by atoms with Gasteiger partial charge >= 0.3 is 0 Å². The monoisotopic (exact) mass is 326 g/mol. The Hall–Kier alpha value is -2.47. The molecule has 6 heteroatoms. The van der Waals surface area contributed by atoms with E-state index in [1.807, 2.05) is 18.2 Å². The molecule has 1 fully saturated rings. The summed E-state index contributed by atoms with van der Waals surface area (Å²) < 4.78 is 21.3. The van der Waals surface area contributed by atoms with Gasteiger partial charge in [-0.1, -0.05) is 12.1 Å². The zero-order valence-corrected chi connectivity index (χ0v) is 13.5. The Labute approximate surface area is 139 Å². The lowest BCUT2D eigenvalue weighted by atomic mass is 10.1. The number of fused-ring (bicyclic) bond motifs is 1. The van der Waals surface area contributed by atoms with Crippen molar-refractivity contribution in [3.8, 4) is 17.1 Å². The molecule has 3 heterocycles. The van der Waals surface area contributed by atoms with Crippen LogP contribution in [-0.4, -0.2) is 45.7 Å². The highest BCUT2D eigenvalue weighted by atomic mass is 19.1. The number of rotatable bonds is 3. The number of benzene rings is 1. The summed E-state index contributed by atoms with van der Waals surface area (Å²) in [6, 6.07) is 10.1. The van der Waals surface area contributed by atoms with Gasteiger partial charge in [0.15, 0.2) is 5.65 Å². The summed E-state index contributed by atoms with van der Waals surface area (Å²) in [7, 11) is 2.10. The van der Waals surface area contributed by atoms with Gasteiger partial charge in [-0.15, -0.1) is 5.10 Å². The molecule has 1 atom stereocenters. The van der Waals surface area contributed by atoms with Crippen LogP contribution in [0.3, 0.4) is 0 Å². The number of likely N-dealkylation sites (N-methyl/N-ethyl adjacent to an activating group) is 1. The van der Waals surface area contributed by atoms with Gasteiger partial charge in [0, 0.05) is 18.2 Å². The van der Waals surface area contributed by atoms with E-state index < -0.39 is 0 Å². The van der Waals surface area contributed by atoms with Crippen molar-refractivity contribution < 1.29 is 9.13 Å². The van der Waals surface area contributed by atoms with Gasteiger partial charge in [0.2, 0.25) is 5.88 Å². The molecule has 1 aliphatic heterocycles. The minimum atomic E-state index is -0.278. The molecular formula is C18H19FN4O.